The molecule has 0 saturated carbocycles. The number of carbonyl (C=O) groups excluding carboxylic acids is 1. The lowest BCUT2D eigenvalue weighted by Crippen LogP contribution is -2.24. The van der Waals surface area contributed by atoms with Gasteiger partial charge >= 0.3 is 0 Å². The van der Waals surface area contributed by atoms with E-state index in [1.165, 1.54) is 5.56 Å². The predicted molar refractivity (Wildman–Crippen MR) is 95.6 cm³/mol. The van der Waals surface area contributed by atoms with E-state index in [1.54, 1.807) is 6.08 Å². The summed E-state index contributed by atoms with van der Waals surface area (Å²) < 4.78 is 1.03. The Morgan fingerprint density at radius 1 is 1.14 bits per heavy atom. The maximum absolute atomic E-state index is 12.0. The van der Waals surface area contributed by atoms with E-state index in [-0.39, 0.29) is 11.9 Å². The molecule has 1 atom stereocenters. The van der Waals surface area contributed by atoms with Crippen molar-refractivity contribution in [2.45, 2.75) is 26.3 Å². The van der Waals surface area contributed by atoms with Gasteiger partial charge in [0, 0.05) is 10.5 Å². The van der Waals surface area contributed by atoms with Gasteiger partial charge in [0.05, 0.1) is 6.04 Å². The highest BCUT2D eigenvalue weighted by Gasteiger charge is 2.07. The molecule has 22 heavy (non-hydrogen) atoms. The third kappa shape index (κ3) is 4.85. The molecule has 2 aromatic rings. The van der Waals surface area contributed by atoms with Crippen LogP contribution in [0.2, 0.25) is 0 Å². The van der Waals surface area contributed by atoms with Crippen molar-refractivity contribution in [3.8, 4) is 0 Å². The van der Waals surface area contributed by atoms with Crippen molar-refractivity contribution in [2.24, 2.45) is 0 Å². The van der Waals surface area contributed by atoms with E-state index < -0.39 is 0 Å². The van der Waals surface area contributed by atoms with Crippen LogP contribution in [0.5, 0.6) is 0 Å². The Balaban J connectivity index is 1.94. The highest BCUT2D eigenvalue weighted by Crippen LogP contribution is 2.14. The molecule has 1 N–H and O–H groups in total. The summed E-state index contributed by atoms with van der Waals surface area (Å²) in [6, 6.07) is 16.2. The van der Waals surface area contributed by atoms with Gasteiger partial charge in [-0.05, 0) is 48.2 Å². The molecule has 0 unspecified atom stereocenters. The van der Waals surface area contributed by atoms with Crippen molar-refractivity contribution in [3.63, 3.8) is 0 Å². The molecule has 3 heteroatoms. The van der Waals surface area contributed by atoms with Crippen molar-refractivity contribution < 1.29 is 4.79 Å². The number of hydrogen-bond donors (Lipinski definition) is 1. The fraction of sp³-hybridized carbons (Fsp3) is 0.211. The van der Waals surface area contributed by atoms with Gasteiger partial charge in [0.15, 0.2) is 0 Å². The smallest absolute Gasteiger partial charge is 0.244 e. The predicted octanol–water partition coefficient (Wildman–Crippen LogP) is 4.90. The van der Waals surface area contributed by atoms with Crippen molar-refractivity contribution in [1.29, 1.82) is 0 Å². The topological polar surface area (TPSA) is 29.1 Å². The van der Waals surface area contributed by atoms with E-state index in [4.69, 9.17) is 0 Å². The van der Waals surface area contributed by atoms with E-state index in [9.17, 15) is 4.79 Å². The Bertz CT molecular complexity index is 644. The third-order valence-corrected chi connectivity index (χ3v) is 4.07. The zero-order valence-corrected chi connectivity index (χ0v) is 14.4. The molecule has 0 aliphatic heterocycles. The van der Waals surface area contributed by atoms with Crippen LogP contribution in [0.3, 0.4) is 0 Å². The van der Waals surface area contributed by atoms with Crippen LogP contribution in [-0.2, 0) is 11.2 Å². The average molecular weight is 358 g/mol. The normalized spacial score (nSPS) is 12.3. The Hall–Kier alpha value is -1.87. The molecule has 2 rings (SSSR count). The van der Waals surface area contributed by atoms with E-state index in [0.717, 1.165) is 22.0 Å². The summed E-state index contributed by atoms with van der Waals surface area (Å²) in [6.07, 6.45) is 4.41. The Morgan fingerprint density at radius 2 is 1.77 bits per heavy atom. The molecule has 0 bridgehead atoms. The summed E-state index contributed by atoms with van der Waals surface area (Å²) in [5.41, 5.74) is 3.42. The standard InChI is InChI=1S/C19H20BrNO/c1-3-15-4-9-17(10-5-15)14(2)21-19(22)13-8-16-6-11-18(20)12-7-16/h4-14H,3H2,1-2H3,(H,21,22)/b13-8-/t14-/m1/s1. The van der Waals surface area contributed by atoms with Crippen LogP contribution in [0.25, 0.3) is 6.08 Å². The van der Waals surface area contributed by atoms with Crippen molar-refractivity contribution in [3.05, 3.63) is 75.8 Å². The Labute approximate surface area is 140 Å². The first kappa shape index (κ1) is 16.5. The van der Waals surface area contributed by atoms with Crippen molar-refractivity contribution in [1.82, 2.24) is 5.32 Å². The van der Waals surface area contributed by atoms with Gasteiger partial charge in [-0.15, -0.1) is 0 Å². The van der Waals surface area contributed by atoms with Gasteiger partial charge < -0.3 is 5.32 Å². The van der Waals surface area contributed by atoms with Crippen molar-refractivity contribution in [2.75, 3.05) is 0 Å². The molecule has 0 saturated heterocycles. The van der Waals surface area contributed by atoms with Gasteiger partial charge in [0.1, 0.15) is 0 Å². The molecular weight excluding hydrogens is 338 g/mol. The number of amides is 1. The van der Waals surface area contributed by atoms with E-state index >= 15 is 0 Å². The number of rotatable bonds is 5. The fourth-order valence-electron chi connectivity index (χ4n) is 2.13. The van der Waals surface area contributed by atoms with Gasteiger partial charge in [-0.2, -0.15) is 0 Å². The van der Waals surface area contributed by atoms with Crippen LogP contribution in [0.4, 0.5) is 0 Å². The molecule has 0 aliphatic rings. The van der Waals surface area contributed by atoms with Crippen LogP contribution >= 0.6 is 15.9 Å². The van der Waals surface area contributed by atoms with E-state index in [0.29, 0.717) is 0 Å². The van der Waals surface area contributed by atoms with E-state index in [2.05, 4.69) is 52.4 Å². The molecule has 2 nitrogen and oxygen atoms in total. The largest absolute Gasteiger partial charge is 0.346 e. The number of carbonyl (C=O) groups is 1. The lowest BCUT2D eigenvalue weighted by atomic mass is 10.0. The van der Waals surface area contributed by atoms with Gasteiger partial charge in [-0.25, -0.2) is 0 Å². The van der Waals surface area contributed by atoms with Crippen LogP contribution < -0.4 is 5.32 Å². The van der Waals surface area contributed by atoms with Gasteiger partial charge in [0.25, 0.3) is 0 Å². The van der Waals surface area contributed by atoms with Gasteiger partial charge in [-0.1, -0.05) is 59.3 Å². The fourth-order valence-corrected chi connectivity index (χ4v) is 2.40. The summed E-state index contributed by atoms with van der Waals surface area (Å²) in [5.74, 6) is -0.0880. The van der Waals surface area contributed by atoms with Gasteiger partial charge in [0.2, 0.25) is 5.91 Å². The lowest BCUT2D eigenvalue weighted by Gasteiger charge is -2.13. The second kappa shape index (κ2) is 7.95. The minimum absolute atomic E-state index is 0.00651. The zero-order chi connectivity index (χ0) is 15.9. The summed E-state index contributed by atoms with van der Waals surface area (Å²) in [7, 11) is 0. The number of halogens is 1. The van der Waals surface area contributed by atoms with Crippen LogP contribution in [0.15, 0.2) is 59.1 Å². The maximum Gasteiger partial charge on any atom is 0.244 e. The first-order valence-corrected chi connectivity index (χ1v) is 8.20. The minimum atomic E-state index is -0.0880. The highest BCUT2D eigenvalue weighted by atomic mass is 79.9. The molecule has 0 spiro atoms. The third-order valence-electron chi connectivity index (χ3n) is 3.54. The Morgan fingerprint density at radius 3 is 2.36 bits per heavy atom. The number of aryl methyl sites for hydroxylation is 1. The average Bonchev–Trinajstić information content (AvgIpc) is 2.54. The molecule has 0 heterocycles. The lowest BCUT2D eigenvalue weighted by molar-refractivity contribution is -0.117. The Kier molecular flexibility index (Phi) is 5.96. The number of hydrogen-bond acceptors (Lipinski definition) is 1. The molecule has 0 aromatic heterocycles. The highest BCUT2D eigenvalue weighted by molar-refractivity contribution is 9.10. The first-order valence-electron chi connectivity index (χ1n) is 7.41. The molecule has 114 valence electrons. The summed E-state index contributed by atoms with van der Waals surface area (Å²) in [6.45, 7) is 4.12. The molecule has 0 aliphatic carbocycles. The number of benzene rings is 2. The second-order valence-corrected chi connectivity index (χ2v) is 6.13. The maximum atomic E-state index is 12.0. The first-order chi connectivity index (χ1) is 10.6. The van der Waals surface area contributed by atoms with E-state index in [1.807, 2.05) is 37.3 Å². The second-order valence-electron chi connectivity index (χ2n) is 5.21. The minimum Gasteiger partial charge on any atom is -0.346 e. The molecule has 2 aromatic carbocycles. The molecule has 1 amide bonds. The quantitative estimate of drug-likeness (QED) is 0.757. The molecular formula is C19H20BrNO. The summed E-state index contributed by atoms with van der Waals surface area (Å²) in [5, 5.41) is 2.98. The monoisotopic (exact) mass is 357 g/mol. The number of nitrogens with one attached hydrogen (secondary N) is 1. The van der Waals surface area contributed by atoms with Gasteiger partial charge in [-0.3, -0.25) is 4.79 Å². The van der Waals surface area contributed by atoms with Crippen molar-refractivity contribution >= 4 is 27.9 Å². The summed E-state index contributed by atoms with van der Waals surface area (Å²) in [4.78, 5) is 12.0. The summed E-state index contributed by atoms with van der Waals surface area (Å²) >= 11 is 3.39. The van der Waals surface area contributed by atoms with Crippen LogP contribution in [-0.4, -0.2) is 5.91 Å². The molecule has 0 fully saturated rings. The molecule has 0 radical (unpaired) electrons. The zero-order valence-electron chi connectivity index (χ0n) is 12.8. The van der Waals surface area contributed by atoms with Crippen LogP contribution in [0, 0.1) is 0 Å². The van der Waals surface area contributed by atoms with Crippen LogP contribution in [0.1, 0.15) is 36.6 Å². The SMILES string of the molecule is CCc1ccc([C@@H](C)NC(=O)/C=C\c2ccc(Br)cc2)cc1.